The first kappa shape index (κ1) is 21.4. The monoisotopic (exact) mass is 439 g/mol. The molecule has 0 saturated carbocycles. The summed E-state index contributed by atoms with van der Waals surface area (Å²) in [6, 6.07) is 19.9. The van der Waals surface area contributed by atoms with E-state index in [1.54, 1.807) is 6.07 Å². The lowest BCUT2D eigenvalue weighted by Gasteiger charge is -2.28. The second-order valence-corrected chi connectivity index (χ2v) is 8.77. The first-order chi connectivity index (χ1) is 16.2. The molecule has 0 radical (unpaired) electrons. The van der Waals surface area contributed by atoms with Gasteiger partial charge in [0.05, 0.1) is 23.3 Å². The van der Waals surface area contributed by atoms with Gasteiger partial charge in [0.15, 0.2) is 0 Å². The minimum absolute atomic E-state index is 0.0855. The molecule has 0 aliphatic carbocycles. The fraction of sp³-hybridized carbons (Fsp3) is 0.286. The van der Waals surface area contributed by atoms with Crippen LogP contribution < -0.4 is 10.3 Å². The van der Waals surface area contributed by atoms with E-state index < -0.39 is 0 Å². The molecule has 0 spiro atoms. The number of hydrogen-bond donors (Lipinski definition) is 1. The van der Waals surface area contributed by atoms with E-state index in [4.69, 9.17) is 9.72 Å². The Kier molecular flexibility index (Phi) is 6.22. The summed E-state index contributed by atoms with van der Waals surface area (Å²) in [5, 5.41) is 2.15. The van der Waals surface area contributed by atoms with Crippen molar-refractivity contribution in [3.05, 3.63) is 87.8 Å². The van der Waals surface area contributed by atoms with Crippen LogP contribution in [0.15, 0.2) is 71.0 Å². The van der Waals surface area contributed by atoms with Crippen LogP contribution in [0.2, 0.25) is 0 Å². The lowest BCUT2D eigenvalue weighted by atomic mass is 10.0. The molecule has 4 aromatic rings. The van der Waals surface area contributed by atoms with Crippen LogP contribution >= 0.6 is 0 Å². The number of aromatic nitrogens is 2. The smallest absolute Gasteiger partial charge is 0.248 e. The molecule has 2 aromatic carbocycles. The molecule has 5 heteroatoms. The molecular formula is C28H29N3O2. The summed E-state index contributed by atoms with van der Waals surface area (Å²) in [7, 11) is 0. The molecule has 0 atom stereocenters. The third-order valence-electron chi connectivity index (χ3n) is 6.41. The molecule has 0 bridgehead atoms. The molecular weight excluding hydrogens is 410 g/mol. The van der Waals surface area contributed by atoms with Gasteiger partial charge < -0.3 is 14.6 Å². The maximum Gasteiger partial charge on any atom is 0.248 e. The predicted octanol–water partition coefficient (Wildman–Crippen LogP) is 5.33. The van der Waals surface area contributed by atoms with Gasteiger partial charge in [-0.2, -0.15) is 0 Å². The fourth-order valence-corrected chi connectivity index (χ4v) is 4.54. The summed E-state index contributed by atoms with van der Waals surface area (Å²) in [6.45, 7) is 5.85. The highest BCUT2D eigenvalue weighted by Crippen LogP contribution is 2.26. The van der Waals surface area contributed by atoms with Gasteiger partial charge in [0.25, 0.3) is 0 Å². The Balaban J connectivity index is 1.12. The van der Waals surface area contributed by atoms with Gasteiger partial charge in [-0.05, 0) is 62.1 Å². The number of pyridine rings is 2. The Morgan fingerprint density at radius 3 is 2.76 bits per heavy atom. The van der Waals surface area contributed by atoms with Crippen molar-refractivity contribution in [1.29, 1.82) is 0 Å². The summed E-state index contributed by atoms with van der Waals surface area (Å²) in [6.07, 6.45) is 5.42. The number of piperidine rings is 1. The highest BCUT2D eigenvalue weighted by molar-refractivity contribution is 5.87. The van der Waals surface area contributed by atoms with Crippen LogP contribution in [0, 0.1) is 6.92 Å². The van der Waals surface area contributed by atoms with Crippen molar-refractivity contribution in [2.75, 3.05) is 26.2 Å². The maximum absolute atomic E-state index is 11.7. The molecule has 1 fully saturated rings. The fourth-order valence-electron chi connectivity index (χ4n) is 4.54. The molecule has 2 aromatic heterocycles. The number of H-pyrrole nitrogens is 1. The number of ether oxygens (including phenoxy) is 1. The average molecular weight is 440 g/mol. The van der Waals surface area contributed by atoms with Crippen LogP contribution in [0.3, 0.4) is 0 Å². The zero-order valence-electron chi connectivity index (χ0n) is 19.0. The van der Waals surface area contributed by atoms with Crippen molar-refractivity contribution in [3.8, 4) is 5.75 Å². The van der Waals surface area contributed by atoms with Gasteiger partial charge >= 0.3 is 0 Å². The summed E-state index contributed by atoms with van der Waals surface area (Å²) in [5.41, 5.74) is 5.40. The molecule has 33 heavy (non-hydrogen) atoms. The van der Waals surface area contributed by atoms with Gasteiger partial charge in [0, 0.05) is 36.5 Å². The number of benzene rings is 2. The van der Waals surface area contributed by atoms with Crippen molar-refractivity contribution in [1.82, 2.24) is 14.9 Å². The van der Waals surface area contributed by atoms with Crippen LogP contribution in [0.5, 0.6) is 5.75 Å². The largest absolute Gasteiger partial charge is 0.493 e. The maximum atomic E-state index is 11.7. The van der Waals surface area contributed by atoms with Crippen molar-refractivity contribution in [3.63, 3.8) is 0 Å². The molecule has 1 aliphatic heterocycles. The standard InChI is InChI=1S/C28H29N3O2/c1-20-7-11-26(24-10-12-27(32)30-28(20)24)33-18-4-15-31-16-13-21(14-17-31)19-23-9-8-22-5-2-3-6-25(22)29-23/h2-3,5-12,19H,4,13-18H2,1H3,(H,30,32). The second-order valence-electron chi connectivity index (χ2n) is 8.77. The van der Waals surface area contributed by atoms with Crippen LogP contribution in [0.4, 0.5) is 0 Å². The van der Waals surface area contributed by atoms with E-state index in [0.29, 0.717) is 6.61 Å². The summed E-state index contributed by atoms with van der Waals surface area (Å²) in [4.78, 5) is 21.9. The Hall–Kier alpha value is -3.44. The van der Waals surface area contributed by atoms with Crippen LogP contribution in [-0.4, -0.2) is 41.1 Å². The lowest BCUT2D eigenvalue weighted by molar-refractivity contribution is 0.224. The molecule has 5 rings (SSSR count). The Labute approximate surface area is 193 Å². The SMILES string of the molecule is Cc1ccc(OCCCN2CCC(=Cc3ccc4ccccc4n3)CC2)c2ccc(=O)[nH]c12. The van der Waals surface area contributed by atoms with E-state index in [9.17, 15) is 4.79 Å². The van der Waals surface area contributed by atoms with E-state index in [0.717, 1.165) is 72.3 Å². The number of aryl methyl sites for hydroxylation is 1. The molecule has 1 aliphatic rings. The van der Waals surface area contributed by atoms with E-state index >= 15 is 0 Å². The summed E-state index contributed by atoms with van der Waals surface area (Å²) in [5.74, 6) is 0.832. The van der Waals surface area contributed by atoms with E-state index in [1.165, 1.54) is 11.0 Å². The second kappa shape index (κ2) is 9.59. The van der Waals surface area contributed by atoms with Crippen LogP contribution in [0.1, 0.15) is 30.5 Å². The molecule has 5 nitrogen and oxygen atoms in total. The molecule has 1 N–H and O–H groups in total. The average Bonchev–Trinajstić information content (AvgIpc) is 2.84. The third kappa shape index (κ3) is 4.99. The normalized spacial score (nSPS) is 14.6. The summed E-state index contributed by atoms with van der Waals surface area (Å²) >= 11 is 0. The Bertz CT molecular complexity index is 1360. The van der Waals surface area contributed by atoms with Gasteiger partial charge in [-0.3, -0.25) is 4.79 Å². The molecule has 168 valence electrons. The van der Waals surface area contributed by atoms with Gasteiger partial charge in [0.1, 0.15) is 5.75 Å². The van der Waals surface area contributed by atoms with E-state index in [-0.39, 0.29) is 5.56 Å². The van der Waals surface area contributed by atoms with Crippen molar-refractivity contribution in [2.45, 2.75) is 26.2 Å². The molecule has 1 saturated heterocycles. The molecule has 3 heterocycles. The number of para-hydroxylation sites is 1. The minimum atomic E-state index is -0.0855. The lowest BCUT2D eigenvalue weighted by Crippen LogP contribution is -2.32. The number of rotatable bonds is 6. The highest BCUT2D eigenvalue weighted by atomic mass is 16.5. The van der Waals surface area contributed by atoms with Gasteiger partial charge in [0.2, 0.25) is 5.56 Å². The molecule has 0 unspecified atom stereocenters. The van der Waals surface area contributed by atoms with Crippen molar-refractivity contribution < 1.29 is 4.74 Å². The zero-order chi connectivity index (χ0) is 22.6. The topological polar surface area (TPSA) is 58.2 Å². The number of hydrogen-bond acceptors (Lipinski definition) is 4. The van der Waals surface area contributed by atoms with Gasteiger partial charge in [-0.15, -0.1) is 0 Å². The van der Waals surface area contributed by atoms with Gasteiger partial charge in [-0.25, -0.2) is 4.98 Å². The predicted molar refractivity (Wildman–Crippen MR) is 135 cm³/mol. The Morgan fingerprint density at radius 2 is 1.88 bits per heavy atom. The molecule has 0 amide bonds. The van der Waals surface area contributed by atoms with Gasteiger partial charge in [-0.1, -0.05) is 35.9 Å². The number of likely N-dealkylation sites (tertiary alicyclic amines) is 1. The summed E-state index contributed by atoms with van der Waals surface area (Å²) < 4.78 is 6.07. The highest BCUT2D eigenvalue weighted by Gasteiger charge is 2.14. The minimum Gasteiger partial charge on any atom is -0.493 e. The number of nitrogens with zero attached hydrogens (tertiary/aromatic N) is 2. The number of fused-ring (bicyclic) bond motifs is 2. The van der Waals surface area contributed by atoms with E-state index in [1.807, 2.05) is 37.3 Å². The van der Waals surface area contributed by atoms with Crippen molar-refractivity contribution >= 4 is 27.9 Å². The third-order valence-corrected chi connectivity index (χ3v) is 6.41. The zero-order valence-corrected chi connectivity index (χ0v) is 19.0. The van der Waals surface area contributed by atoms with Crippen LogP contribution in [0.25, 0.3) is 27.9 Å². The number of nitrogens with one attached hydrogen (secondary N) is 1. The van der Waals surface area contributed by atoms with Crippen LogP contribution in [-0.2, 0) is 0 Å². The Morgan fingerprint density at radius 1 is 1.03 bits per heavy atom. The first-order valence-corrected chi connectivity index (χ1v) is 11.7. The van der Waals surface area contributed by atoms with E-state index in [2.05, 4.69) is 40.2 Å². The first-order valence-electron chi connectivity index (χ1n) is 11.7. The quantitative estimate of drug-likeness (QED) is 0.413. The number of aromatic amines is 1. The van der Waals surface area contributed by atoms with Crippen molar-refractivity contribution in [2.24, 2.45) is 0 Å².